The predicted molar refractivity (Wildman–Crippen MR) is 98.6 cm³/mol. The molecule has 0 unspecified atom stereocenters. The van der Waals surface area contributed by atoms with E-state index in [2.05, 4.69) is 19.6 Å². The highest BCUT2D eigenvalue weighted by molar-refractivity contribution is 7.45. The number of carbonyl (C=O) groups is 1. The van der Waals surface area contributed by atoms with E-state index >= 15 is 0 Å². The first kappa shape index (κ1) is 19.7. The molecule has 2 rings (SSSR count). The molecule has 1 heterocycles. The Morgan fingerprint density at radius 3 is 2.56 bits per heavy atom. The second-order valence-corrected chi connectivity index (χ2v) is 8.04. The van der Waals surface area contributed by atoms with Crippen LogP contribution >= 0.6 is 8.53 Å². The zero-order valence-electron chi connectivity index (χ0n) is 15.3. The highest BCUT2D eigenvalue weighted by Gasteiger charge is 2.37. The van der Waals surface area contributed by atoms with Crippen LogP contribution in [0.3, 0.4) is 0 Å². The van der Waals surface area contributed by atoms with Crippen LogP contribution in [0.15, 0.2) is 47.8 Å². The largest absolute Gasteiger partial charge is 0.444 e. The summed E-state index contributed by atoms with van der Waals surface area (Å²) in [4.78, 5) is 12.7. The third kappa shape index (κ3) is 5.98. The average Bonchev–Trinajstić information content (AvgIpc) is 2.60. The molecule has 1 aliphatic rings. The van der Waals surface area contributed by atoms with Crippen molar-refractivity contribution in [2.24, 2.45) is 5.41 Å². The minimum atomic E-state index is -1.53. The summed E-state index contributed by atoms with van der Waals surface area (Å²) < 4.78 is 18.6. The SMILES string of the molecule is CCC=C=C(C)N(C(=O)OCc1ccccc1)P1OCC(C)(C)CO1. The van der Waals surface area contributed by atoms with Crippen LogP contribution in [0.2, 0.25) is 0 Å². The molecule has 1 aromatic carbocycles. The monoisotopic (exact) mass is 363 g/mol. The fourth-order valence-corrected chi connectivity index (χ4v) is 3.79. The summed E-state index contributed by atoms with van der Waals surface area (Å²) >= 11 is 0. The maximum atomic E-state index is 12.7. The van der Waals surface area contributed by atoms with Crippen molar-refractivity contribution in [3.63, 3.8) is 0 Å². The van der Waals surface area contributed by atoms with E-state index in [1.807, 2.05) is 50.3 Å². The first-order chi connectivity index (χ1) is 11.9. The summed E-state index contributed by atoms with van der Waals surface area (Å²) in [6.45, 7) is 9.23. The van der Waals surface area contributed by atoms with Crippen molar-refractivity contribution in [2.45, 2.75) is 40.7 Å². The second-order valence-electron chi connectivity index (χ2n) is 6.64. The van der Waals surface area contributed by atoms with Crippen LogP contribution in [0.1, 0.15) is 39.7 Å². The van der Waals surface area contributed by atoms with E-state index in [1.54, 1.807) is 0 Å². The zero-order valence-corrected chi connectivity index (χ0v) is 16.2. The van der Waals surface area contributed by atoms with Crippen LogP contribution in [0.25, 0.3) is 0 Å². The van der Waals surface area contributed by atoms with Gasteiger partial charge in [0.1, 0.15) is 6.61 Å². The molecule has 1 fully saturated rings. The molecule has 0 aliphatic carbocycles. The molecule has 0 saturated carbocycles. The molecule has 1 amide bonds. The van der Waals surface area contributed by atoms with Crippen LogP contribution in [-0.4, -0.2) is 24.0 Å². The maximum absolute atomic E-state index is 12.7. The van der Waals surface area contributed by atoms with Gasteiger partial charge >= 0.3 is 6.09 Å². The number of hydrogen-bond donors (Lipinski definition) is 0. The van der Waals surface area contributed by atoms with E-state index in [0.717, 1.165) is 12.0 Å². The molecule has 25 heavy (non-hydrogen) atoms. The van der Waals surface area contributed by atoms with E-state index in [9.17, 15) is 4.79 Å². The number of nitrogens with zero attached hydrogens (tertiary/aromatic N) is 1. The average molecular weight is 363 g/mol. The number of allylic oxidation sites excluding steroid dienone is 1. The van der Waals surface area contributed by atoms with Crippen LogP contribution in [0, 0.1) is 5.41 Å². The molecule has 0 bridgehead atoms. The number of ether oxygens (including phenoxy) is 1. The van der Waals surface area contributed by atoms with Crippen molar-refractivity contribution < 1.29 is 18.6 Å². The first-order valence-corrected chi connectivity index (χ1v) is 9.54. The van der Waals surface area contributed by atoms with E-state index in [4.69, 9.17) is 13.8 Å². The van der Waals surface area contributed by atoms with Gasteiger partial charge in [0.25, 0.3) is 8.53 Å². The lowest BCUT2D eigenvalue weighted by Gasteiger charge is -2.37. The van der Waals surface area contributed by atoms with Gasteiger partial charge in [-0.3, -0.25) is 0 Å². The molecule has 1 aliphatic heterocycles. The quantitative estimate of drug-likeness (QED) is 0.519. The topological polar surface area (TPSA) is 48.0 Å². The lowest BCUT2D eigenvalue weighted by molar-refractivity contribution is 0.0444. The predicted octanol–water partition coefficient (Wildman–Crippen LogP) is 5.39. The summed E-state index contributed by atoms with van der Waals surface area (Å²) in [5.74, 6) is 0. The summed E-state index contributed by atoms with van der Waals surface area (Å²) in [5.41, 5.74) is 4.60. The Morgan fingerprint density at radius 1 is 1.32 bits per heavy atom. The molecular formula is C19H26NO4P. The molecule has 0 N–H and O–H groups in total. The Morgan fingerprint density at radius 2 is 1.96 bits per heavy atom. The Hall–Kier alpha value is -1.64. The molecule has 0 atom stereocenters. The van der Waals surface area contributed by atoms with Crippen LogP contribution < -0.4 is 0 Å². The van der Waals surface area contributed by atoms with Crippen molar-refractivity contribution in [1.29, 1.82) is 0 Å². The van der Waals surface area contributed by atoms with Crippen molar-refractivity contribution in [2.75, 3.05) is 13.2 Å². The van der Waals surface area contributed by atoms with Gasteiger partial charge in [0.2, 0.25) is 0 Å². The Balaban J connectivity index is 2.11. The van der Waals surface area contributed by atoms with Gasteiger partial charge in [0.05, 0.1) is 18.9 Å². The summed E-state index contributed by atoms with van der Waals surface area (Å²) in [6.07, 6.45) is 2.22. The standard InChI is InChI=1S/C19H26NO4P/c1-5-6-10-16(2)20(25-23-14-19(3,4)15-24-25)18(21)22-13-17-11-8-7-9-12-17/h6-9,11-12H,5,13-15H2,1-4H3. The molecule has 6 heteroatoms. The second kappa shape index (κ2) is 9.17. The number of rotatable bonds is 5. The summed E-state index contributed by atoms with van der Waals surface area (Å²) in [5, 5.41) is 0. The smallest absolute Gasteiger partial charge is 0.421 e. The van der Waals surface area contributed by atoms with E-state index in [-0.39, 0.29) is 12.0 Å². The summed E-state index contributed by atoms with van der Waals surface area (Å²) in [7, 11) is -1.53. The minimum absolute atomic E-state index is 0.0602. The fraction of sp³-hybridized carbons (Fsp3) is 0.474. The van der Waals surface area contributed by atoms with Crippen molar-refractivity contribution in [3.8, 4) is 0 Å². The van der Waals surface area contributed by atoms with Crippen LogP contribution in [0.5, 0.6) is 0 Å². The highest BCUT2D eigenvalue weighted by atomic mass is 31.2. The van der Waals surface area contributed by atoms with E-state index in [0.29, 0.717) is 18.9 Å². The molecule has 0 spiro atoms. The normalized spacial score (nSPS) is 16.6. The number of hydrogen-bond acceptors (Lipinski definition) is 4. The van der Waals surface area contributed by atoms with Gasteiger partial charge in [0.15, 0.2) is 0 Å². The number of carbonyl (C=O) groups excluding carboxylic acids is 1. The lowest BCUT2D eigenvalue weighted by Crippen LogP contribution is -2.34. The molecule has 1 aromatic rings. The molecule has 0 aromatic heterocycles. The molecule has 5 nitrogen and oxygen atoms in total. The van der Waals surface area contributed by atoms with Crippen molar-refractivity contribution >= 4 is 14.6 Å². The molecule has 0 radical (unpaired) electrons. The lowest BCUT2D eigenvalue weighted by atomic mass is 9.97. The maximum Gasteiger partial charge on any atom is 0.421 e. The number of amides is 1. The Kier molecular flexibility index (Phi) is 7.22. The van der Waals surface area contributed by atoms with Crippen molar-refractivity contribution in [3.05, 3.63) is 53.4 Å². The Labute approximate surface area is 151 Å². The third-order valence-corrected chi connectivity index (χ3v) is 5.00. The first-order valence-electron chi connectivity index (χ1n) is 8.41. The molecule has 1 saturated heterocycles. The van der Waals surface area contributed by atoms with Crippen LogP contribution in [-0.2, 0) is 20.4 Å². The van der Waals surface area contributed by atoms with Gasteiger partial charge < -0.3 is 13.8 Å². The van der Waals surface area contributed by atoms with Gasteiger partial charge in [0, 0.05) is 5.41 Å². The zero-order chi connectivity index (χ0) is 18.3. The van der Waals surface area contributed by atoms with Gasteiger partial charge in [-0.1, -0.05) is 51.1 Å². The highest BCUT2D eigenvalue weighted by Crippen LogP contribution is 2.51. The van der Waals surface area contributed by atoms with Gasteiger partial charge in [-0.25, -0.2) is 9.46 Å². The van der Waals surface area contributed by atoms with Crippen LogP contribution in [0.4, 0.5) is 4.79 Å². The Bertz CT molecular complexity index is 628. The van der Waals surface area contributed by atoms with E-state index in [1.165, 1.54) is 4.67 Å². The minimum Gasteiger partial charge on any atom is -0.444 e. The molecule has 136 valence electrons. The fourth-order valence-electron chi connectivity index (χ4n) is 2.07. The molecular weight excluding hydrogens is 337 g/mol. The number of benzene rings is 1. The third-order valence-electron chi connectivity index (χ3n) is 3.51. The van der Waals surface area contributed by atoms with Gasteiger partial charge in [-0.05, 0) is 25.0 Å². The van der Waals surface area contributed by atoms with Crippen molar-refractivity contribution in [1.82, 2.24) is 4.67 Å². The summed E-state index contributed by atoms with van der Waals surface area (Å²) in [6, 6.07) is 9.58. The van der Waals surface area contributed by atoms with Gasteiger partial charge in [-0.15, -0.1) is 5.73 Å². The van der Waals surface area contributed by atoms with Gasteiger partial charge in [-0.2, -0.15) is 0 Å². The van der Waals surface area contributed by atoms with E-state index < -0.39 is 14.6 Å².